The van der Waals surface area contributed by atoms with Gasteiger partial charge in [-0.2, -0.15) is 0 Å². The Labute approximate surface area is 163 Å². The molecule has 0 spiro atoms. The van der Waals surface area contributed by atoms with Gasteiger partial charge in [-0.25, -0.2) is 9.37 Å². The van der Waals surface area contributed by atoms with Crippen LogP contribution in [0.3, 0.4) is 0 Å². The Kier molecular flexibility index (Phi) is 6.04. The zero-order chi connectivity index (χ0) is 20.1. The molecule has 148 valence electrons. The van der Waals surface area contributed by atoms with Gasteiger partial charge in [-0.05, 0) is 50.1 Å². The number of aliphatic imine (C=N–C) groups is 1. The average molecular weight is 385 g/mol. The third kappa shape index (κ3) is 4.54. The molecule has 2 N–H and O–H groups in total. The maximum Gasteiger partial charge on any atom is 0.185 e. The van der Waals surface area contributed by atoms with Gasteiger partial charge in [0.1, 0.15) is 29.7 Å². The van der Waals surface area contributed by atoms with Crippen molar-refractivity contribution in [3.8, 4) is 5.75 Å². The molecule has 0 unspecified atom stereocenters. The van der Waals surface area contributed by atoms with E-state index in [1.165, 1.54) is 12.3 Å². The van der Waals surface area contributed by atoms with Gasteiger partial charge in [-0.3, -0.25) is 9.79 Å². The van der Waals surface area contributed by atoms with Crippen LogP contribution in [0.1, 0.15) is 41.9 Å². The van der Waals surface area contributed by atoms with Gasteiger partial charge in [0, 0.05) is 18.6 Å². The van der Waals surface area contributed by atoms with Gasteiger partial charge in [-0.15, -0.1) is 0 Å². The van der Waals surface area contributed by atoms with Crippen molar-refractivity contribution >= 4 is 11.6 Å². The monoisotopic (exact) mass is 385 g/mol. The molecule has 28 heavy (non-hydrogen) atoms. The van der Waals surface area contributed by atoms with Crippen molar-refractivity contribution in [3.05, 3.63) is 59.2 Å². The van der Waals surface area contributed by atoms with Crippen LogP contribution in [0.15, 0.2) is 41.5 Å². The number of hydrogen-bond acceptors (Lipinski definition) is 6. The average Bonchev–Trinajstić information content (AvgIpc) is 2.85. The normalized spacial score (nSPS) is 19.6. The van der Waals surface area contributed by atoms with E-state index in [-0.39, 0.29) is 24.6 Å². The first-order chi connectivity index (χ1) is 13.4. The molecule has 0 fully saturated rings. The highest BCUT2D eigenvalue weighted by Gasteiger charge is 2.31. The summed E-state index contributed by atoms with van der Waals surface area (Å²) in [5.74, 6) is 0.413. The summed E-state index contributed by atoms with van der Waals surface area (Å²) in [5.41, 5.74) is 6.46. The molecule has 3 rings (SSSR count). The van der Waals surface area contributed by atoms with E-state index in [0.29, 0.717) is 48.0 Å². The van der Waals surface area contributed by atoms with Crippen LogP contribution in [0.25, 0.3) is 0 Å². The molecule has 0 saturated carbocycles. The zero-order valence-electron chi connectivity index (χ0n) is 16.1. The molecule has 1 aromatic carbocycles. The molecular weight excluding hydrogens is 361 g/mol. The Bertz CT molecular complexity index is 883. The number of amidine groups is 1. The number of halogens is 1. The summed E-state index contributed by atoms with van der Waals surface area (Å²) in [5, 5.41) is 0. The second-order valence-electron chi connectivity index (χ2n) is 6.91. The largest absolute Gasteiger partial charge is 0.492 e. The van der Waals surface area contributed by atoms with E-state index in [4.69, 9.17) is 15.2 Å². The summed E-state index contributed by atoms with van der Waals surface area (Å²) in [6.45, 7) is 4.90. The maximum atomic E-state index is 14.6. The van der Waals surface area contributed by atoms with E-state index in [9.17, 15) is 9.18 Å². The second kappa shape index (κ2) is 8.48. The lowest BCUT2D eigenvalue weighted by atomic mass is 9.87. The quantitative estimate of drug-likeness (QED) is 0.773. The van der Waals surface area contributed by atoms with E-state index in [0.717, 1.165) is 0 Å². The number of carbonyl (C=O) groups excluding carboxylic acids is 1. The van der Waals surface area contributed by atoms with E-state index in [1.54, 1.807) is 24.3 Å². The highest BCUT2D eigenvalue weighted by Crippen LogP contribution is 2.33. The number of nitrogens with zero attached hydrogens (tertiary/aromatic N) is 2. The molecule has 1 aliphatic rings. The van der Waals surface area contributed by atoms with Gasteiger partial charge in [0.2, 0.25) is 0 Å². The molecule has 2 heterocycles. The first-order valence-corrected chi connectivity index (χ1v) is 9.24. The van der Waals surface area contributed by atoms with Crippen LogP contribution in [0.2, 0.25) is 0 Å². The Balaban J connectivity index is 1.83. The molecule has 7 heteroatoms. The first-order valence-electron chi connectivity index (χ1n) is 9.24. The predicted octanol–water partition coefficient (Wildman–Crippen LogP) is 3.04. The third-order valence-corrected chi connectivity index (χ3v) is 4.68. The Hall–Kier alpha value is -2.80. The Morgan fingerprint density at radius 1 is 1.36 bits per heavy atom. The fourth-order valence-electron chi connectivity index (χ4n) is 3.22. The van der Waals surface area contributed by atoms with E-state index >= 15 is 0 Å². The minimum Gasteiger partial charge on any atom is -0.492 e. The fraction of sp³-hybridized carbons (Fsp3) is 0.381. The second-order valence-corrected chi connectivity index (χ2v) is 6.91. The lowest BCUT2D eigenvalue weighted by Crippen LogP contribution is -2.25. The maximum absolute atomic E-state index is 14.6. The number of hydrogen-bond donors (Lipinski definition) is 1. The molecule has 6 nitrogen and oxygen atoms in total. The molecule has 1 aromatic heterocycles. The summed E-state index contributed by atoms with van der Waals surface area (Å²) < 4.78 is 25.3. The van der Waals surface area contributed by atoms with Crippen LogP contribution in [0.5, 0.6) is 5.75 Å². The van der Waals surface area contributed by atoms with E-state index < -0.39 is 5.54 Å². The number of benzene rings is 1. The van der Waals surface area contributed by atoms with E-state index in [2.05, 4.69) is 9.98 Å². The van der Waals surface area contributed by atoms with Gasteiger partial charge < -0.3 is 15.2 Å². The number of nitrogens with two attached hydrogens (primary N) is 1. The molecule has 2 aromatic rings. The van der Waals surface area contributed by atoms with Crippen molar-refractivity contribution in [1.82, 2.24) is 4.98 Å². The van der Waals surface area contributed by atoms with Gasteiger partial charge in [0.15, 0.2) is 5.78 Å². The molecule has 0 saturated heterocycles. The predicted molar refractivity (Wildman–Crippen MR) is 104 cm³/mol. The molecule has 1 atom stereocenters. The fourth-order valence-corrected chi connectivity index (χ4v) is 3.22. The van der Waals surface area contributed by atoms with Crippen molar-refractivity contribution < 1.29 is 18.7 Å². The van der Waals surface area contributed by atoms with Gasteiger partial charge in [0.25, 0.3) is 0 Å². The van der Waals surface area contributed by atoms with E-state index in [1.807, 2.05) is 13.8 Å². The highest BCUT2D eigenvalue weighted by molar-refractivity contribution is 5.95. The number of ether oxygens (including phenoxy) is 2. The topological polar surface area (TPSA) is 86.8 Å². The molecule has 0 bridgehead atoms. The molecule has 0 amide bonds. The van der Waals surface area contributed by atoms with Crippen LogP contribution in [-0.2, 0) is 16.7 Å². The number of carbonyl (C=O) groups is 1. The standard InChI is InChI=1S/C21H24FN3O3/c1-3-28-15-5-7-18(24-12-15)19(26)11-14-4-6-17(22)16(10-14)21(2)8-9-27-13-20(23)25-21/h4-7,10,12H,3,8-9,11,13H2,1-2H3,(H2,23,25)/t21-/m0/s1. The van der Waals surface area contributed by atoms with Crippen LogP contribution in [0.4, 0.5) is 4.39 Å². The zero-order valence-corrected chi connectivity index (χ0v) is 16.1. The van der Waals surface area contributed by atoms with Gasteiger partial charge in [-0.1, -0.05) is 6.07 Å². The van der Waals surface area contributed by atoms with Crippen molar-refractivity contribution in [3.63, 3.8) is 0 Å². The molecule has 0 radical (unpaired) electrons. The van der Waals surface area contributed by atoms with Crippen molar-refractivity contribution in [2.45, 2.75) is 32.2 Å². The highest BCUT2D eigenvalue weighted by atomic mass is 19.1. The minimum absolute atomic E-state index is 0.111. The first kappa shape index (κ1) is 19.9. The third-order valence-electron chi connectivity index (χ3n) is 4.68. The lowest BCUT2D eigenvalue weighted by molar-refractivity contribution is 0.0988. The molecule has 0 aliphatic carbocycles. The van der Waals surface area contributed by atoms with Crippen molar-refractivity contribution in [2.24, 2.45) is 10.7 Å². The van der Waals surface area contributed by atoms with Gasteiger partial charge in [0.05, 0.1) is 18.3 Å². The number of aromatic nitrogens is 1. The number of rotatable bonds is 6. The van der Waals surface area contributed by atoms with Crippen LogP contribution >= 0.6 is 0 Å². The van der Waals surface area contributed by atoms with Crippen molar-refractivity contribution in [2.75, 3.05) is 19.8 Å². The smallest absolute Gasteiger partial charge is 0.185 e. The number of Topliss-reactive ketones (excluding diaryl/α,β-unsaturated/α-hetero) is 1. The Morgan fingerprint density at radius 3 is 2.89 bits per heavy atom. The lowest BCUT2D eigenvalue weighted by Gasteiger charge is -2.25. The van der Waals surface area contributed by atoms with Crippen LogP contribution in [-0.4, -0.2) is 36.4 Å². The summed E-state index contributed by atoms with van der Waals surface area (Å²) in [4.78, 5) is 21.2. The SMILES string of the molecule is CCOc1ccc(C(=O)Cc2ccc(F)c([C@]3(C)CCOCC(N)=N3)c2)nc1. The summed E-state index contributed by atoms with van der Waals surface area (Å²) in [6.07, 6.45) is 2.14. The summed E-state index contributed by atoms with van der Waals surface area (Å²) >= 11 is 0. The summed E-state index contributed by atoms with van der Waals surface area (Å²) in [6, 6.07) is 8.00. The molecule has 1 aliphatic heterocycles. The van der Waals surface area contributed by atoms with Crippen molar-refractivity contribution in [1.29, 1.82) is 0 Å². The van der Waals surface area contributed by atoms with Gasteiger partial charge >= 0.3 is 0 Å². The number of pyridine rings is 1. The minimum atomic E-state index is -0.832. The summed E-state index contributed by atoms with van der Waals surface area (Å²) in [7, 11) is 0. The van der Waals surface area contributed by atoms with Crippen LogP contribution in [0, 0.1) is 5.82 Å². The Morgan fingerprint density at radius 2 is 2.18 bits per heavy atom. The number of ketones is 1. The molecular formula is C21H24FN3O3. The van der Waals surface area contributed by atoms with Crippen LogP contribution < -0.4 is 10.5 Å².